The Hall–Kier alpha value is -0.560. The summed E-state index contributed by atoms with van der Waals surface area (Å²) in [6.07, 6.45) is 7.22. The Kier molecular flexibility index (Phi) is 5.23. The van der Waals surface area contributed by atoms with Crippen LogP contribution in [0.15, 0.2) is 24.8 Å². The molecule has 0 aromatic heterocycles. The quantitative estimate of drug-likeness (QED) is 0.570. The summed E-state index contributed by atoms with van der Waals surface area (Å²) in [6, 6.07) is 0. The fourth-order valence-electron chi connectivity index (χ4n) is 0.486. The molecule has 0 aromatic rings. The second-order valence-corrected chi connectivity index (χ2v) is 2.08. The van der Waals surface area contributed by atoms with Crippen molar-refractivity contribution in [1.29, 1.82) is 0 Å². The topological polar surface area (TPSA) is 20.2 Å². The minimum Gasteiger partial charge on any atom is -0.393 e. The molecule has 1 atom stereocenters. The molecular formula is C8H14O. The third-order valence-electron chi connectivity index (χ3n) is 0.947. The van der Waals surface area contributed by atoms with Crippen molar-refractivity contribution in [3.05, 3.63) is 24.8 Å². The van der Waals surface area contributed by atoms with Gasteiger partial charge in [-0.15, -0.1) is 6.58 Å². The maximum atomic E-state index is 8.77. The molecule has 0 spiro atoms. The van der Waals surface area contributed by atoms with Crippen LogP contribution in [0, 0.1) is 0 Å². The minimum absolute atomic E-state index is 0.217. The summed E-state index contributed by atoms with van der Waals surface area (Å²) in [5.74, 6) is 0. The van der Waals surface area contributed by atoms with Gasteiger partial charge in [-0.1, -0.05) is 18.2 Å². The average molecular weight is 126 g/mol. The third-order valence-corrected chi connectivity index (χ3v) is 0.947. The second kappa shape index (κ2) is 5.57. The summed E-state index contributed by atoms with van der Waals surface area (Å²) in [7, 11) is 0. The van der Waals surface area contributed by atoms with E-state index >= 15 is 0 Å². The van der Waals surface area contributed by atoms with Crippen molar-refractivity contribution in [2.75, 3.05) is 0 Å². The van der Waals surface area contributed by atoms with E-state index in [0.29, 0.717) is 0 Å². The Morgan fingerprint density at radius 3 is 2.67 bits per heavy atom. The molecule has 0 rings (SSSR count). The van der Waals surface area contributed by atoms with Crippen LogP contribution >= 0.6 is 0 Å². The van der Waals surface area contributed by atoms with Gasteiger partial charge in [-0.2, -0.15) is 0 Å². The molecule has 0 saturated carbocycles. The van der Waals surface area contributed by atoms with Crippen LogP contribution < -0.4 is 0 Å². The molecule has 0 aromatic carbocycles. The van der Waals surface area contributed by atoms with Crippen molar-refractivity contribution >= 4 is 0 Å². The maximum absolute atomic E-state index is 8.77. The van der Waals surface area contributed by atoms with Gasteiger partial charge in [0.1, 0.15) is 0 Å². The molecule has 0 amide bonds. The van der Waals surface area contributed by atoms with Crippen molar-refractivity contribution in [3.8, 4) is 0 Å². The van der Waals surface area contributed by atoms with Gasteiger partial charge in [-0.25, -0.2) is 0 Å². The molecule has 0 radical (unpaired) electrons. The van der Waals surface area contributed by atoms with E-state index in [4.69, 9.17) is 5.11 Å². The Labute approximate surface area is 56.7 Å². The highest BCUT2D eigenvalue weighted by molar-refractivity contribution is 4.88. The first-order chi connectivity index (χ1) is 4.27. The molecular weight excluding hydrogens is 112 g/mol. The summed E-state index contributed by atoms with van der Waals surface area (Å²) in [5, 5.41) is 8.77. The zero-order chi connectivity index (χ0) is 7.11. The van der Waals surface area contributed by atoms with Gasteiger partial charge in [-0.05, 0) is 19.8 Å². The van der Waals surface area contributed by atoms with Crippen LogP contribution in [-0.2, 0) is 0 Å². The first-order valence-corrected chi connectivity index (χ1v) is 3.21. The Morgan fingerprint density at radius 1 is 1.56 bits per heavy atom. The van der Waals surface area contributed by atoms with Crippen molar-refractivity contribution < 1.29 is 5.11 Å². The smallest absolute Gasteiger partial charge is 0.0546 e. The molecule has 52 valence electrons. The van der Waals surface area contributed by atoms with Crippen LogP contribution in [0.4, 0.5) is 0 Å². The van der Waals surface area contributed by atoms with Crippen molar-refractivity contribution in [1.82, 2.24) is 0 Å². The van der Waals surface area contributed by atoms with Crippen LogP contribution in [0.2, 0.25) is 0 Å². The van der Waals surface area contributed by atoms with Crippen LogP contribution in [-0.4, -0.2) is 11.2 Å². The van der Waals surface area contributed by atoms with Crippen LogP contribution in [0.5, 0.6) is 0 Å². The van der Waals surface area contributed by atoms with Crippen molar-refractivity contribution in [3.63, 3.8) is 0 Å². The molecule has 1 N–H and O–H groups in total. The molecule has 0 fully saturated rings. The van der Waals surface area contributed by atoms with E-state index in [2.05, 4.69) is 6.58 Å². The van der Waals surface area contributed by atoms with Gasteiger partial charge < -0.3 is 5.11 Å². The normalized spacial score (nSPS) is 14.0. The lowest BCUT2D eigenvalue weighted by molar-refractivity contribution is 0.198. The molecule has 9 heavy (non-hydrogen) atoms. The molecule has 0 aliphatic heterocycles. The van der Waals surface area contributed by atoms with Gasteiger partial charge in [0, 0.05) is 0 Å². The van der Waals surface area contributed by atoms with Crippen molar-refractivity contribution in [2.45, 2.75) is 25.9 Å². The summed E-state index contributed by atoms with van der Waals surface area (Å²) in [4.78, 5) is 0. The molecule has 0 aliphatic carbocycles. The van der Waals surface area contributed by atoms with E-state index in [9.17, 15) is 0 Å². The lowest BCUT2D eigenvalue weighted by Crippen LogP contribution is -1.94. The van der Waals surface area contributed by atoms with Gasteiger partial charge in [0.05, 0.1) is 6.10 Å². The first-order valence-electron chi connectivity index (χ1n) is 3.21. The maximum Gasteiger partial charge on any atom is 0.0546 e. The summed E-state index contributed by atoms with van der Waals surface area (Å²) < 4.78 is 0. The molecule has 1 heteroatoms. The average Bonchev–Trinajstić information content (AvgIpc) is 1.80. The lowest BCUT2D eigenvalue weighted by Gasteiger charge is -1.94. The Balaban J connectivity index is 3.14. The van der Waals surface area contributed by atoms with E-state index in [0.717, 1.165) is 12.8 Å². The highest BCUT2D eigenvalue weighted by atomic mass is 16.3. The predicted octanol–water partition coefficient (Wildman–Crippen LogP) is 1.89. The highest BCUT2D eigenvalue weighted by Crippen LogP contribution is 1.92. The van der Waals surface area contributed by atoms with Gasteiger partial charge in [0.15, 0.2) is 0 Å². The van der Waals surface area contributed by atoms with Gasteiger partial charge in [0.25, 0.3) is 0 Å². The fraction of sp³-hybridized carbons (Fsp3) is 0.500. The molecule has 1 unspecified atom stereocenters. The van der Waals surface area contributed by atoms with E-state index in [1.54, 1.807) is 6.92 Å². The van der Waals surface area contributed by atoms with E-state index < -0.39 is 0 Å². The zero-order valence-electron chi connectivity index (χ0n) is 5.88. The number of aliphatic hydroxyl groups is 1. The fourth-order valence-corrected chi connectivity index (χ4v) is 0.486. The van der Waals surface area contributed by atoms with Crippen LogP contribution in [0.3, 0.4) is 0 Å². The molecule has 0 saturated heterocycles. The minimum atomic E-state index is -0.217. The summed E-state index contributed by atoms with van der Waals surface area (Å²) in [6.45, 7) is 5.34. The van der Waals surface area contributed by atoms with Gasteiger partial charge in [0.2, 0.25) is 0 Å². The zero-order valence-corrected chi connectivity index (χ0v) is 5.88. The summed E-state index contributed by atoms with van der Waals surface area (Å²) in [5.41, 5.74) is 0. The second-order valence-electron chi connectivity index (χ2n) is 2.08. The number of hydrogen-bond acceptors (Lipinski definition) is 1. The van der Waals surface area contributed by atoms with Gasteiger partial charge in [-0.3, -0.25) is 0 Å². The largest absolute Gasteiger partial charge is 0.393 e. The Morgan fingerprint density at radius 2 is 2.22 bits per heavy atom. The standard InChI is InChI=1S/C8H14O/c1-3-4-5-6-7-8(2)9/h3,5-6,8-9H,1,4,7H2,2H3/b6-5-. The number of rotatable bonds is 4. The van der Waals surface area contributed by atoms with E-state index in [1.807, 2.05) is 18.2 Å². The van der Waals surface area contributed by atoms with Gasteiger partial charge >= 0.3 is 0 Å². The SMILES string of the molecule is C=CC/C=C\CC(C)O. The number of allylic oxidation sites excluding steroid dienone is 2. The molecule has 0 bridgehead atoms. The summed E-state index contributed by atoms with van der Waals surface area (Å²) >= 11 is 0. The monoisotopic (exact) mass is 126 g/mol. The molecule has 0 aliphatic rings. The number of hydrogen-bond donors (Lipinski definition) is 1. The highest BCUT2D eigenvalue weighted by Gasteiger charge is 1.86. The van der Waals surface area contributed by atoms with E-state index in [1.165, 1.54) is 0 Å². The van der Waals surface area contributed by atoms with Crippen molar-refractivity contribution in [2.24, 2.45) is 0 Å². The lowest BCUT2D eigenvalue weighted by atomic mass is 10.2. The van der Waals surface area contributed by atoms with E-state index in [-0.39, 0.29) is 6.10 Å². The predicted molar refractivity (Wildman–Crippen MR) is 40.3 cm³/mol. The Bertz CT molecular complexity index is 92.7. The molecule has 0 heterocycles. The van der Waals surface area contributed by atoms with Crippen LogP contribution in [0.1, 0.15) is 19.8 Å². The number of aliphatic hydroxyl groups excluding tert-OH is 1. The third kappa shape index (κ3) is 7.44. The first kappa shape index (κ1) is 8.44. The van der Waals surface area contributed by atoms with Crippen LogP contribution in [0.25, 0.3) is 0 Å². The molecule has 1 nitrogen and oxygen atoms in total.